The highest BCUT2D eigenvalue weighted by molar-refractivity contribution is 9.10. The summed E-state index contributed by atoms with van der Waals surface area (Å²) in [6, 6.07) is 19.1. The van der Waals surface area contributed by atoms with E-state index < -0.39 is 28.5 Å². The van der Waals surface area contributed by atoms with Crippen LogP contribution in [0.1, 0.15) is 51.5 Å². The molecule has 2 amide bonds. The summed E-state index contributed by atoms with van der Waals surface area (Å²) in [7, 11) is -4.17. The van der Waals surface area contributed by atoms with Crippen LogP contribution in [0.15, 0.2) is 82.2 Å². The predicted molar refractivity (Wildman–Crippen MR) is 173 cm³/mol. The van der Waals surface area contributed by atoms with Gasteiger partial charge in [-0.2, -0.15) is 0 Å². The minimum Gasteiger partial charge on any atom is -0.494 e. The molecule has 230 valence electrons. The Balaban J connectivity index is 1.71. The first-order chi connectivity index (χ1) is 20.6. The Morgan fingerprint density at radius 3 is 2.19 bits per heavy atom. The second-order valence-corrected chi connectivity index (χ2v) is 13.7. The van der Waals surface area contributed by atoms with Gasteiger partial charge in [-0.25, -0.2) is 8.42 Å². The molecule has 1 aliphatic carbocycles. The zero-order valence-electron chi connectivity index (χ0n) is 24.3. The second-order valence-electron chi connectivity index (χ2n) is 10.5. The molecule has 4 rings (SSSR count). The predicted octanol–water partition coefficient (Wildman–Crippen LogP) is 6.56. The van der Waals surface area contributed by atoms with Crippen LogP contribution in [-0.4, -0.2) is 50.4 Å². The van der Waals surface area contributed by atoms with Gasteiger partial charge in [0, 0.05) is 22.1 Å². The Morgan fingerprint density at radius 1 is 0.977 bits per heavy atom. The van der Waals surface area contributed by atoms with Crippen LogP contribution in [0.4, 0.5) is 5.69 Å². The fraction of sp³-hybridized carbons (Fsp3) is 0.375. The van der Waals surface area contributed by atoms with Crippen LogP contribution in [0, 0.1) is 0 Å². The van der Waals surface area contributed by atoms with Gasteiger partial charge in [0.05, 0.1) is 17.2 Å². The van der Waals surface area contributed by atoms with E-state index >= 15 is 0 Å². The summed E-state index contributed by atoms with van der Waals surface area (Å²) in [4.78, 5) is 29.3. The lowest BCUT2D eigenvalue weighted by molar-refractivity contribution is -0.140. The highest BCUT2D eigenvalue weighted by Gasteiger charge is 2.34. The molecule has 0 aliphatic heterocycles. The molecular weight excluding hydrogens is 654 g/mol. The van der Waals surface area contributed by atoms with Gasteiger partial charge >= 0.3 is 0 Å². The summed E-state index contributed by atoms with van der Waals surface area (Å²) < 4.78 is 35.4. The van der Waals surface area contributed by atoms with E-state index in [1.54, 1.807) is 60.7 Å². The topological polar surface area (TPSA) is 96.0 Å². The second kappa shape index (κ2) is 15.1. The molecular formula is C32H37BrClN3O5S. The molecule has 0 heterocycles. The number of ether oxygens (including phenoxy) is 1. The van der Waals surface area contributed by atoms with Gasteiger partial charge < -0.3 is 15.0 Å². The summed E-state index contributed by atoms with van der Waals surface area (Å²) in [6.07, 6.45) is 4.29. The Labute approximate surface area is 267 Å². The van der Waals surface area contributed by atoms with E-state index in [1.807, 2.05) is 13.8 Å². The van der Waals surface area contributed by atoms with Crippen LogP contribution in [-0.2, 0) is 26.2 Å². The third-order valence-electron chi connectivity index (χ3n) is 7.47. The number of carbonyl (C=O) groups is 2. The van der Waals surface area contributed by atoms with E-state index in [0.717, 1.165) is 40.0 Å². The van der Waals surface area contributed by atoms with Crippen molar-refractivity contribution >= 4 is 55.1 Å². The van der Waals surface area contributed by atoms with Gasteiger partial charge in [0.15, 0.2) is 0 Å². The van der Waals surface area contributed by atoms with Crippen molar-refractivity contribution in [1.29, 1.82) is 0 Å². The van der Waals surface area contributed by atoms with Crippen molar-refractivity contribution in [3.8, 4) is 5.75 Å². The summed E-state index contributed by atoms with van der Waals surface area (Å²) >= 11 is 9.45. The SMILES string of the molecule is CCOc1ccc(N(CC(=O)N(Cc2ccc(Cl)cc2)[C@@H](CC)C(=O)NC2CCCC2)S(=O)(=O)c2ccc(Br)cc2)cc1. The smallest absolute Gasteiger partial charge is 0.264 e. The highest BCUT2D eigenvalue weighted by atomic mass is 79.9. The number of amides is 2. The fourth-order valence-corrected chi connectivity index (χ4v) is 7.02. The lowest BCUT2D eigenvalue weighted by Crippen LogP contribution is -2.53. The zero-order valence-corrected chi connectivity index (χ0v) is 27.5. The van der Waals surface area contributed by atoms with Crippen LogP contribution >= 0.6 is 27.5 Å². The summed E-state index contributed by atoms with van der Waals surface area (Å²) in [6.45, 7) is 3.78. The maximum atomic E-state index is 14.2. The molecule has 0 bridgehead atoms. The first kappa shape index (κ1) is 32.8. The van der Waals surface area contributed by atoms with E-state index in [9.17, 15) is 18.0 Å². The molecule has 43 heavy (non-hydrogen) atoms. The molecule has 1 aliphatic rings. The molecule has 0 radical (unpaired) electrons. The number of halogens is 2. The largest absolute Gasteiger partial charge is 0.494 e. The first-order valence-electron chi connectivity index (χ1n) is 14.5. The van der Waals surface area contributed by atoms with Crippen molar-refractivity contribution in [2.24, 2.45) is 0 Å². The Bertz CT molecular complexity index is 1480. The Kier molecular flexibility index (Phi) is 11.5. The third kappa shape index (κ3) is 8.52. The lowest BCUT2D eigenvalue weighted by atomic mass is 10.1. The number of rotatable bonds is 13. The zero-order chi connectivity index (χ0) is 31.0. The molecule has 1 saturated carbocycles. The van der Waals surface area contributed by atoms with Crippen LogP contribution < -0.4 is 14.4 Å². The van der Waals surface area contributed by atoms with Crippen LogP contribution in [0.3, 0.4) is 0 Å². The average molecular weight is 691 g/mol. The van der Waals surface area contributed by atoms with Crippen LogP contribution in [0.25, 0.3) is 0 Å². The van der Waals surface area contributed by atoms with E-state index in [-0.39, 0.29) is 23.4 Å². The highest BCUT2D eigenvalue weighted by Crippen LogP contribution is 2.28. The number of nitrogens with zero attached hydrogens (tertiary/aromatic N) is 2. The quantitative estimate of drug-likeness (QED) is 0.219. The van der Waals surface area contributed by atoms with Gasteiger partial charge in [0.25, 0.3) is 10.0 Å². The minimum absolute atomic E-state index is 0.0349. The molecule has 8 nitrogen and oxygen atoms in total. The number of carbonyl (C=O) groups excluding carboxylic acids is 2. The molecule has 11 heteroatoms. The Hall–Kier alpha value is -3.08. The van der Waals surface area contributed by atoms with Crippen molar-refractivity contribution in [2.75, 3.05) is 17.5 Å². The normalized spacial score (nSPS) is 14.2. The molecule has 3 aromatic carbocycles. The average Bonchev–Trinajstić information content (AvgIpc) is 3.50. The maximum Gasteiger partial charge on any atom is 0.264 e. The van der Waals surface area contributed by atoms with E-state index in [0.29, 0.717) is 29.5 Å². The van der Waals surface area contributed by atoms with Crippen LogP contribution in [0.2, 0.25) is 5.02 Å². The number of hydrogen-bond acceptors (Lipinski definition) is 5. The number of hydrogen-bond donors (Lipinski definition) is 1. The molecule has 1 N–H and O–H groups in total. The summed E-state index contributed by atoms with van der Waals surface area (Å²) in [5.74, 6) is -0.157. The van der Waals surface area contributed by atoms with Gasteiger partial charge in [0.2, 0.25) is 11.8 Å². The third-order valence-corrected chi connectivity index (χ3v) is 10.0. The van der Waals surface area contributed by atoms with E-state index in [2.05, 4.69) is 21.2 Å². The maximum absolute atomic E-state index is 14.2. The van der Waals surface area contributed by atoms with Crippen molar-refractivity contribution in [3.05, 3.63) is 87.9 Å². The fourth-order valence-electron chi connectivity index (χ4n) is 5.21. The van der Waals surface area contributed by atoms with Gasteiger partial charge in [0.1, 0.15) is 18.3 Å². The summed E-state index contributed by atoms with van der Waals surface area (Å²) in [5.41, 5.74) is 1.07. The molecule has 0 spiro atoms. The molecule has 1 fully saturated rings. The van der Waals surface area contributed by atoms with Gasteiger partial charge in [-0.05, 0) is 92.4 Å². The van der Waals surface area contributed by atoms with Gasteiger partial charge in [-0.1, -0.05) is 59.4 Å². The molecule has 1 atom stereocenters. The van der Waals surface area contributed by atoms with Crippen LogP contribution in [0.5, 0.6) is 5.75 Å². The standard InChI is InChI=1S/C32H37BrClN3O5S/c1-3-30(32(39)35-26-7-5-6-8-26)36(21-23-9-13-25(34)14-10-23)31(38)22-37(27-15-17-28(18-16-27)42-4-2)43(40,41)29-19-11-24(33)12-20-29/h9-20,26,30H,3-8,21-22H2,1-2H3,(H,35,39)/t30-/m0/s1. The molecule has 0 unspecified atom stereocenters. The minimum atomic E-state index is -4.17. The van der Waals surface area contributed by atoms with Crippen molar-refractivity contribution in [2.45, 2.75) is 69.5 Å². The Morgan fingerprint density at radius 2 is 1.60 bits per heavy atom. The summed E-state index contributed by atoms with van der Waals surface area (Å²) in [5, 5.41) is 3.67. The van der Waals surface area contributed by atoms with Crippen molar-refractivity contribution in [3.63, 3.8) is 0 Å². The molecule has 3 aromatic rings. The monoisotopic (exact) mass is 689 g/mol. The number of nitrogens with one attached hydrogen (secondary N) is 1. The van der Waals surface area contributed by atoms with Crippen molar-refractivity contribution < 1.29 is 22.7 Å². The molecule has 0 saturated heterocycles. The van der Waals surface area contributed by atoms with Gasteiger partial charge in [-0.15, -0.1) is 0 Å². The van der Waals surface area contributed by atoms with Gasteiger partial charge in [-0.3, -0.25) is 13.9 Å². The molecule has 0 aromatic heterocycles. The lowest BCUT2D eigenvalue weighted by Gasteiger charge is -2.33. The number of anilines is 1. The van der Waals surface area contributed by atoms with E-state index in [4.69, 9.17) is 16.3 Å². The first-order valence-corrected chi connectivity index (χ1v) is 17.1. The number of benzene rings is 3. The number of sulfonamides is 1. The van der Waals surface area contributed by atoms with E-state index in [1.165, 1.54) is 17.0 Å². The van der Waals surface area contributed by atoms with Crippen molar-refractivity contribution in [1.82, 2.24) is 10.2 Å².